The van der Waals surface area contributed by atoms with E-state index in [9.17, 15) is 4.79 Å². The summed E-state index contributed by atoms with van der Waals surface area (Å²) in [5, 5.41) is 16.3. The number of carboxylic acids is 1. The fourth-order valence-electron chi connectivity index (χ4n) is 0.328. The Morgan fingerprint density at radius 1 is 1.90 bits per heavy atom. The first-order valence-corrected chi connectivity index (χ1v) is 2.60. The van der Waals surface area contributed by atoms with Crippen LogP contribution in [0.25, 0.3) is 0 Å². The SMILES string of the molecule is [2H]C([13CH2]OO)C([2H])C(N)C(=O)O. The molecule has 0 heterocycles. The van der Waals surface area contributed by atoms with Crippen LogP contribution in [0.5, 0.6) is 0 Å². The van der Waals surface area contributed by atoms with Crippen LogP contribution in [0.3, 0.4) is 0 Å². The third kappa shape index (κ3) is 4.25. The van der Waals surface area contributed by atoms with Gasteiger partial charge in [-0.2, -0.15) is 0 Å². The van der Waals surface area contributed by atoms with Crippen LogP contribution in [0, 0.1) is 0 Å². The molecule has 0 aliphatic rings. The Morgan fingerprint density at radius 2 is 2.50 bits per heavy atom. The highest BCUT2D eigenvalue weighted by Crippen LogP contribution is 1.93. The minimum atomic E-state index is -1.43. The molecule has 0 aliphatic heterocycles. The molecule has 0 fully saturated rings. The molecule has 0 aliphatic carbocycles. The van der Waals surface area contributed by atoms with Gasteiger partial charge in [-0.1, -0.05) is 0 Å². The lowest BCUT2D eigenvalue weighted by atomic mass is 10.2. The molecule has 5 nitrogen and oxygen atoms in total. The van der Waals surface area contributed by atoms with E-state index >= 15 is 0 Å². The summed E-state index contributed by atoms with van der Waals surface area (Å²) in [6.07, 6.45) is -2.48. The Morgan fingerprint density at radius 3 is 2.90 bits per heavy atom. The molecule has 3 unspecified atom stereocenters. The molecule has 0 aromatic carbocycles. The van der Waals surface area contributed by atoms with Crippen molar-refractivity contribution in [2.24, 2.45) is 5.73 Å². The number of hydrogen-bond acceptors (Lipinski definition) is 4. The van der Waals surface area contributed by atoms with Gasteiger partial charge >= 0.3 is 5.97 Å². The first-order chi connectivity index (χ1) is 5.50. The second-order valence-corrected chi connectivity index (χ2v) is 1.59. The smallest absolute Gasteiger partial charge is 0.320 e. The number of carbonyl (C=O) groups is 1. The Labute approximate surface area is 61.1 Å². The van der Waals surface area contributed by atoms with Gasteiger partial charge in [-0.05, 0) is 12.8 Å². The highest BCUT2D eigenvalue weighted by Gasteiger charge is 2.09. The molecular weight excluding hydrogens is 139 g/mol. The van der Waals surface area contributed by atoms with Crippen molar-refractivity contribution in [1.29, 1.82) is 0 Å². The van der Waals surface area contributed by atoms with Gasteiger partial charge in [0.25, 0.3) is 0 Å². The number of nitrogens with two attached hydrogens (primary N) is 1. The minimum Gasteiger partial charge on any atom is -0.480 e. The van der Waals surface area contributed by atoms with Gasteiger partial charge < -0.3 is 10.8 Å². The van der Waals surface area contributed by atoms with Crippen LogP contribution >= 0.6 is 0 Å². The fraction of sp³-hybridized carbons (Fsp3) is 0.800. The molecule has 0 spiro atoms. The van der Waals surface area contributed by atoms with Crippen molar-refractivity contribution in [2.45, 2.75) is 18.8 Å². The monoisotopic (exact) mass is 152 g/mol. The third-order valence-corrected chi connectivity index (χ3v) is 0.799. The van der Waals surface area contributed by atoms with Gasteiger partial charge in [0, 0.05) is 2.74 Å². The summed E-state index contributed by atoms with van der Waals surface area (Å²) in [4.78, 5) is 13.8. The van der Waals surface area contributed by atoms with E-state index in [1.165, 1.54) is 0 Å². The Bertz CT molecular complexity index is 156. The standard InChI is InChI=1S/C5H11NO4/c6-4(5(7)8)2-1-3-10-9/h4,9H,1-3,6H2,(H,7,8)/i1D,2D,3+1. The first-order valence-electron chi connectivity index (χ1n) is 3.75. The van der Waals surface area contributed by atoms with E-state index in [-0.39, 0.29) is 0 Å². The maximum atomic E-state index is 10.2. The van der Waals surface area contributed by atoms with Crippen LogP contribution in [0.1, 0.15) is 15.5 Å². The van der Waals surface area contributed by atoms with Gasteiger partial charge in [0.1, 0.15) is 6.04 Å². The summed E-state index contributed by atoms with van der Waals surface area (Å²) >= 11 is 0. The first kappa shape index (κ1) is 6.09. The third-order valence-electron chi connectivity index (χ3n) is 0.799. The summed E-state index contributed by atoms with van der Waals surface area (Å²) in [5.74, 6) is -1.34. The lowest BCUT2D eigenvalue weighted by Gasteiger charge is -2.03. The molecule has 0 aromatic rings. The van der Waals surface area contributed by atoms with E-state index in [0.29, 0.717) is 0 Å². The fourth-order valence-corrected chi connectivity index (χ4v) is 0.328. The van der Waals surface area contributed by atoms with Crippen molar-refractivity contribution in [1.82, 2.24) is 0 Å². The van der Waals surface area contributed by atoms with Gasteiger partial charge in [-0.3, -0.25) is 10.1 Å². The van der Waals surface area contributed by atoms with Gasteiger partial charge in [-0.15, -0.1) is 0 Å². The van der Waals surface area contributed by atoms with Crippen LogP contribution < -0.4 is 5.73 Å². The molecule has 60 valence electrons. The number of rotatable bonds is 5. The molecule has 0 saturated carbocycles. The summed E-state index contributed by atoms with van der Waals surface area (Å²) in [6.45, 7) is -0.421. The summed E-state index contributed by atoms with van der Waals surface area (Å²) < 4.78 is 14.2. The van der Waals surface area contributed by atoms with E-state index < -0.39 is 31.4 Å². The molecule has 0 aromatic heterocycles. The van der Waals surface area contributed by atoms with Gasteiger partial charge in [0.05, 0.1) is 6.61 Å². The van der Waals surface area contributed by atoms with Crippen molar-refractivity contribution < 1.29 is 22.8 Å². The lowest BCUT2D eigenvalue weighted by molar-refractivity contribution is -0.242. The molecule has 10 heavy (non-hydrogen) atoms. The average molecular weight is 152 g/mol. The van der Waals surface area contributed by atoms with Crippen molar-refractivity contribution in [2.75, 3.05) is 6.61 Å². The maximum absolute atomic E-state index is 10.2. The quantitative estimate of drug-likeness (QED) is 0.285. The number of hydrogen-bond donors (Lipinski definition) is 3. The van der Waals surface area contributed by atoms with E-state index in [1.54, 1.807) is 0 Å². The van der Waals surface area contributed by atoms with Gasteiger partial charge in [0.15, 0.2) is 0 Å². The predicted molar refractivity (Wildman–Crippen MR) is 33.4 cm³/mol. The molecule has 3 atom stereocenters. The molecule has 0 radical (unpaired) electrons. The maximum Gasteiger partial charge on any atom is 0.320 e. The van der Waals surface area contributed by atoms with Crippen LogP contribution in [0.4, 0.5) is 0 Å². The summed E-state index contributed by atoms with van der Waals surface area (Å²) in [6, 6.07) is -1.43. The molecule has 4 N–H and O–H groups in total. The van der Waals surface area contributed by atoms with Crippen LogP contribution in [0.15, 0.2) is 0 Å². The Hall–Kier alpha value is -0.650. The second kappa shape index (κ2) is 5.16. The van der Waals surface area contributed by atoms with Crippen LogP contribution in [-0.2, 0) is 9.68 Å². The largest absolute Gasteiger partial charge is 0.480 e. The Kier molecular flexibility index (Phi) is 3.14. The molecule has 0 rings (SSSR count). The Balaban J connectivity index is 3.99. The number of aliphatic carboxylic acids is 1. The van der Waals surface area contributed by atoms with Crippen molar-refractivity contribution in [3.63, 3.8) is 0 Å². The highest BCUT2D eigenvalue weighted by atomic mass is 17.1. The highest BCUT2D eigenvalue weighted by molar-refractivity contribution is 5.72. The zero-order valence-electron chi connectivity index (χ0n) is 7.23. The van der Waals surface area contributed by atoms with E-state index in [4.69, 9.17) is 18.8 Å². The van der Waals surface area contributed by atoms with E-state index in [0.717, 1.165) is 0 Å². The van der Waals surface area contributed by atoms with Crippen molar-refractivity contribution in [3.8, 4) is 0 Å². The molecule has 0 bridgehead atoms. The van der Waals surface area contributed by atoms with Crippen molar-refractivity contribution in [3.05, 3.63) is 0 Å². The molecule has 0 amide bonds. The van der Waals surface area contributed by atoms with E-state index in [1.807, 2.05) is 0 Å². The number of carboxylic acid groups (broad SMARTS) is 1. The molecule has 5 heteroatoms. The zero-order chi connectivity index (χ0) is 9.72. The molecular formula is C5H11NO4. The minimum absolute atomic E-state index is 0.421. The average Bonchev–Trinajstić information content (AvgIpc) is 2.02. The van der Waals surface area contributed by atoms with E-state index in [2.05, 4.69) is 4.89 Å². The van der Waals surface area contributed by atoms with Gasteiger partial charge in [0.2, 0.25) is 0 Å². The van der Waals surface area contributed by atoms with Crippen molar-refractivity contribution >= 4 is 5.97 Å². The zero-order valence-corrected chi connectivity index (χ0v) is 5.23. The van der Waals surface area contributed by atoms with Crippen LogP contribution in [-0.4, -0.2) is 29.0 Å². The predicted octanol–water partition coefficient (Wildman–Crippen LogP) is -0.332. The molecule has 0 saturated heterocycles. The summed E-state index contributed by atoms with van der Waals surface area (Å²) in [7, 11) is 0. The lowest BCUT2D eigenvalue weighted by Crippen LogP contribution is -2.30. The summed E-state index contributed by atoms with van der Waals surface area (Å²) in [5.41, 5.74) is 5.05. The topological polar surface area (TPSA) is 92.8 Å². The second-order valence-electron chi connectivity index (χ2n) is 1.59. The van der Waals surface area contributed by atoms with Gasteiger partial charge in [-0.25, -0.2) is 4.89 Å². The van der Waals surface area contributed by atoms with Crippen LogP contribution in [0.2, 0.25) is 0 Å². The normalized spacial score (nSPS) is 22.2.